The quantitative estimate of drug-likeness (QED) is 0.393. The van der Waals surface area contributed by atoms with Crippen LogP contribution < -0.4 is 0 Å². The van der Waals surface area contributed by atoms with Crippen LogP contribution in [0.2, 0.25) is 0 Å². The lowest BCUT2D eigenvalue weighted by Crippen LogP contribution is -2.26. The van der Waals surface area contributed by atoms with Gasteiger partial charge < -0.3 is 19.3 Å². The average molecular weight is 204 g/mol. The minimum Gasteiger partial charge on any atom is -0.433 e. The van der Waals surface area contributed by atoms with Crippen molar-refractivity contribution >= 4 is 5.97 Å². The minimum atomic E-state index is -0.924. The number of aliphatic hydroxyl groups excluding tert-OH is 1. The van der Waals surface area contributed by atoms with Crippen molar-refractivity contribution < 1.29 is 24.1 Å². The summed E-state index contributed by atoms with van der Waals surface area (Å²) in [6, 6.07) is 0. The van der Waals surface area contributed by atoms with E-state index in [1.54, 1.807) is 13.8 Å². The first-order valence-corrected chi connectivity index (χ1v) is 4.27. The van der Waals surface area contributed by atoms with Crippen molar-refractivity contribution in [2.45, 2.75) is 39.6 Å². The van der Waals surface area contributed by atoms with Gasteiger partial charge in [0.25, 0.3) is 0 Å². The van der Waals surface area contributed by atoms with Crippen LogP contribution in [0, 0.1) is 0 Å². The molecule has 0 bridgehead atoms. The molecular formula is C9H16O5. The molecule has 0 fully saturated rings. The lowest BCUT2D eigenvalue weighted by molar-refractivity contribution is -0.264. The van der Waals surface area contributed by atoms with E-state index in [1.165, 1.54) is 6.92 Å². The molecule has 0 aliphatic rings. The summed E-state index contributed by atoms with van der Waals surface area (Å²) in [7, 11) is 0. The SMILES string of the molecule is C=CC(=O)OC(C)OC(C)OC(C)O. The van der Waals surface area contributed by atoms with Gasteiger partial charge in [0.1, 0.15) is 0 Å². The van der Waals surface area contributed by atoms with Crippen molar-refractivity contribution in [3.8, 4) is 0 Å². The Morgan fingerprint density at radius 2 is 1.86 bits per heavy atom. The molecule has 0 aliphatic carbocycles. The highest BCUT2D eigenvalue weighted by molar-refractivity contribution is 5.81. The van der Waals surface area contributed by atoms with Crippen LogP contribution in [0.4, 0.5) is 0 Å². The zero-order valence-corrected chi connectivity index (χ0v) is 8.60. The predicted octanol–water partition coefficient (Wildman–Crippen LogP) is 0.779. The van der Waals surface area contributed by atoms with Crippen molar-refractivity contribution in [3.63, 3.8) is 0 Å². The van der Waals surface area contributed by atoms with Crippen LogP contribution in [0.5, 0.6) is 0 Å². The number of esters is 1. The van der Waals surface area contributed by atoms with E-state index in [0.29, 0.717) is 0 Å². The average Bonchev–Trinajstić information content (AvgIpc) is 2.01. The Kier molecular flexibility index (Phi) is 6.11. The molecule has 14 heavy (non-hydrogen) atoms. The molecule has 3 atom stereocenters. The Hall–Kier alpha value is -0.910. The number of hydrogen-bond donors (Lipinski definition) is 1. The molecule has 5 heteroatoms. The fraction of sp³-hybridized carbons (Fsp3) is 0.667. The Morgan fingerprint density at radius 1 is 1.29 bits per heavy atom. The Labute approximate surface area is 83.3 Å². The smallest absolute Gasteiger partial charge is 0.332 e. The highest BCUT2D eigenvalue weighted by Crippen LogP contribution is 2.03. The molecule has 5 nitrogen and oxygen atoms in total. The van der Waals surface area contributed by atoms with Crippen LogP contribution in [-0.4, -0.2) is 29.9 Å². The van der Waals surface area contributed by atoms with Gasteiger partial charge >= 0.3 is 5.97 Å². The van der Waals surface area contributed by atoms with Crippen molar-refractivity contribution in [1.82, 2.24) is 0 Å². The maximum absolute atomic E-state index is 10.7. The molecule has 0 aromatic carbocycles. The third kappa shape index (κ3) is 6.59. The van der Waals surface area contributed by atoms with Crippen LogP contribution in [0.15, 0.2) is 12.7 Å². The van der Waals surface area contributed by atoms with Crippen LogP contribution in [0.1, 0.15) is 20.8 Å². The molecular weight excluding hydrogens is 188 g/mol. The number of carbonyl (C=O) groups excluding carboxylic acids is 1. The number of aliphatic hydroxyl groups is 1. The zero-order chi connectivity index (χ0) is 11.1. The van der Waals surface area contributed by atoms with Gasteiger partial charge in [-0.3, -0.25) is 0 Å². The molecule has 0 heterocycles. The topological polar surface area (TPSA) is 65.0 Å². The molecule has 3 unspecified atom stereocenters. The molecule has 0 aromatic heterocycles. The van der Waals surface area contributed by atoms with E-state index in [2.05, 4.69) is 6.58 Å². The first kappa shape index (κ1) is 13.1. The summed E-state index contributed by atoms with van der Waals surface area (Å²) in [5, 5.41) is 8.84. The Balaban J connectivity index is 3.75. The van der Waals surface area contributed by atoms with Crippen molar-refractivity contribution in [2.75, 3.05) is 0 Å². The van der Waals surface area contributed by atoms with Crippen LogP contribution in [-0.2, 0) is 19.0 Å². The molecule has 0 aliphatic heterocycles. The monoisotopic (exact) mass is 204 g/mol. The zero-order valence-electron chi connectivity index (χ0n) is 8.60. The van der Waals surface area contributed by atoms with Gasteiger partial charge in [-0.05, 0) is 20.8 Å². The van der Waals surface area contributed by atoms with E-state index in [-0.39, 0.29) is 0 Å². The van der Waals surface area contributed by atoms with Crippen molar-refractivity contribution in [3.05, 3.63) is 12.7 Å². The second-order valence-corrected chi connectivity index (χ2v) is 2.65. The molecule has 0 rings (SSSR count). The van der Waals surface area contributed by atoms with Gasteiger partial charge in [0.05, 0.1) is 0 Å². The maximum Gasteiger partial charge on any atom is 0.332 e. The standard InChI is InChI=1S/C9H16O5/c1-5-9(11)14-8(4)13-7(3)12-6(2)10/h5-8,10H,1H2,2-4H3. The van der Waals surface area contributed by atoms with Crippen molar-refractivity contribution in [2.24, 2.45) is 0 Å². The predicted molar refractivity (Wildman–Crippen MR) is 49.1 cm³/mol. The van der Waals surface area contributed by atoms with E-state index < -0.39 is 24.8 Å². The van der Waals surface area contributed by atoms with Gasteiger partial charge in [-0.25, -0.2) is 4.79 Å². The molecule has 0 aromatic rings. The van der Waals surface area contributed by atoms with Gasteiger partial charge in [-0.2, -0.15) is 0 Å². The lowest BCUT2D eigenvalue weighted by Gasteiger charge is -2.20. The van der Waals surface area contributed by atoms with Crippen LogP contribution in [0.25, 0.3) is 0 Å². The van der Waals surface area contributed by atoms with Gasteiger partial charge in [0.2, 0.25) is 6.29 Å². The largest absolute Gasteiger partial charge is 0.433 e. The summed E-state index contributed by atoms with van der Waals surface area (Å²) < 4.78 is 14.6. The maximum atomic E-state index is 10.7. The highest BCUT2D eigenvalue weighted by Gasteiger charge is 2.13. The fourth-order valence-electron chi connectivity index (χ4n) is 0.819. The Morgan fingerprint density at radius 3 is 2.29 bits per heavy atom. The Bertz CT molecular complexity index is 190. The summed E-state index contributed by atoms with van der Waals surface area (Å²) in [6.45, 7) is 7.83. The fourth-order valence-corrected chi connectivity index (χ4v) is 0.819. The lowest BCUT2D eigenvalue weighted by atomic mass is 10.6. The second-order valence-electron chi connectivity index (χ2n) is 2.65. The summed E-state index contributed by atoms with van der Waals surface area (Å²) in [6.07, 6.45) is -1.27. The van der Waals surface area contributed by atoms with E-state index in [1.807, 2.05) is 0 Å². The van der Waals surface area contributed by atoms with Gasteiger partial charge in [-0.15, -0.1) is 0 Å². The van der Waals surface area contributed by atoms with E-state index in [4.69, 9.17) is 19.3 Å². The number of ether oxygens (including phenoxy) is 3. The molecule has 0 amide bonds. The summed E-state index contributed by atoms with van der Waals surface area (Å²) in [5.74, 6) is -0.568. The van der Waals surface area contributed by atoms with Gasteiger partial charge in [-0.1, -0.05) is 6.58 Å². The minimum absolute atomic E-state index is 0.568. The van der Waals surface area contributed by atoms with Gasteiger partial charge in [0.15, 0.2) is 12.6 Å². The first-order valence-electron chi connectivity index (χ1n) is 4.27. The number of hydrogen-bond acceptors (Lipinski definition) is 5. The molecule has 82 valence electrons. The number of carbonyl (C=O) groups is 1. The van der Waals surface area contributed by atoms with Gasteiger partial charge in [0, 0.05) is 6.08 Å². The molecule has 0 saturated carbocycles. The molecule has 0 saturated heterocycles. The normalized spacial score (nSPS) is 16.9. The van der Waals surface area contributed by atoms with E-state index >= 15 is 0 Å². The molecule has 0 radical (unpaired) electrons. The van der Waals surface area contributed by atoms with E-state index in [0.717, 1.165) is 6.08 Å². The third-order valence-corrected chi connectivity index (χ3v) is 1.22. The highest BCUT2D eigenvalue weighted by atomic mass is 16.8. The summed E-state index contributed by atoms with van der Waals surface area (Å²) in [5.41, 5.74) is 0. The van der Waals surface area contributed by atoms with Crippen LogP contribution >= 0.6 is 0 Å². The van der Waals surface area contributed by atoms with Crippen LogP contribution in [0.3, 0.4) is 0 Å². The first-order chi connectivity index (χ1) is 6.45. The number of rotatable bonds is 6. The summed E-state index contributed by atoms with van der Waals surface area (Å²) >= 11 is 0. The second kappa shape index (κ2) is 6.53. The van der Waals surface area contributed by atoms with Crippen molar-refractivity contribution in [1.29, 1.82) is 0 Å². The molecule has 0 spiro atoms. The van der Waals surface area contributed by atoms with E-state index in [9.17, 15) is 4.79 Å². The molecule has 1 N–H and O–H groups in total. The third-order valence-electron chi connectivity index (χ3n) is 1.22. The summed E-state index contributed by atoms with van der Waals surface area (Å²) in [4.78, 5) is 10.7.